The van der Waals surface area contributed by atoms with Crippen molar-refractivity contribution in [3.63, 3.8) is 0 Å². The zero-order valence-electron chi connectivity index (χ0n) is 11.5. The van der Waals surface area contributed by atoms with Crippen LogP contribution < -0.4 is 5.32 Å². The summed E-state index contributed by atoms with van der Waals surface area (Å²) in [5.74, 6) is -0.00788. The Kier molecular flexibility index (Phi) is 3.90. The Bertz CT molecular complexity index is 523. The van der Waals surface area contributed by atoms with Gasteiger partial charge in [-0.2, -0.15) is 0 Å². The zero-order valence-corrected chi connectivity index (χ0v) is 13.6. The van der Waals surface area contributed by atoms with E-state index in [-0.39, 0.29) is 17.7 Å². The van der Waals surface area contributed by atoms with Crippen molar-refractivity contribution in [2.75, 3.05) is 7.05 Å². The van der Waals surface area contributed by atoms with Crippen LogP contribution in [0, 0.1) is 3.57 Å². The topological polar surface area (TPSA) is 52.6 Å². The van der Waals surface area contributed by atoms with Crippen LogP contribution in [0.3, 0.4) is 0 Å². The first-order valence-corrected chi connectivity index (χ1v) is 8.14. The van der Waals surface area contributed by atoms with Crippen LogP contribution in [0.25, 0.3) is 0 Å². The SMILES string of the molecule is CN(C(=O)c1cc(I)ccc1O)C1CC2CCC(C1)N2. The summed E-state index contributed by atoms with van der Waals surface area (Å²) < 4.78 is 0.961. The van der Waals surface area contributed by atoms with Gasteiger partial charge >= 0.3 is 0 Å². The first-order chi connectivity index (χ1) is 9.54. The van der Waals surface area contributed by atoms with Crippen molar-refractivity contribution in [3.05, 3.63) is 27.3 Å². The van der Waals surface area contributed by atoms with E-state index in [1.165, 1.54) is 12.8 Å². The fourth-order valence-corrected chi connectivity index (χ4v) is 3.87. The lowest BCUT2D eigenvalue weighted by Crippen LogP contribution is -2.48. The number of rotatable bonds is 2. The molecule has 2 heterocycles. The Morgan fingerprint density at radius 2 is 2.00 bits per heavy atom. The molecule has 2 N–H and O–H groups in total. The van der Waals surface area contributed by atoms with Crippen molar-refractivity contribution in [2.24, 2.45) is 0 Å². The van der Waals surface area contributed by atoms with Gasteiger partial charge in [-0.25, -0.2) is 0 Å². The number of hydrogen-bond donors (Lipinski definition) is 2. The van der Waals surface area contributed by atoms with Gasteiger partial charge < -0.3 is 15.3 Å². The van der Waals surface area contributed by atoms with Gasteiger partial charge in [-0.15, -0.1) is 0 Å². The van der Waals surface area contributed by atoms with Crippen molar-refractivity contribution in [1.82, 2.24) is 10.2 Å². The van der Waals surface area contributed by atoms with Crippen molar-refractivity contribution in [1.29, 1.82) is 0 Å². The molecule has 0 saturated carbocycles. The zero-order chi connectivity index (χ0) is 14.3. The van der Waals surface area contributed by atoms with Gasteiger partial charge in [0.2, 0.25) is 0 Å². The molecule has 108 valence electrons. The van der Waals surface area contributed by atoms with E-state index in [1.54, 1.807) is 18.2 Å². The standard InChI is InChI=1S/C15H19IN2O2/c1-18(12-7-10-3-4-11(8-12)17-10)15(20)13-6-9(16)2-5-14(13)19/h2,5-6,10-12,17,19H,3-4,7-8H2,1H3. The van der Waals surface area contributed by atoms with Gasteiger partial charge in [0.15, 0.2) is 0 Å². The third-order valence-electron chi connectivity index (χ3n) is 4.51. The van der Waals surface area contributed by atoms with E-state index < -0.39 is 0 Å². The Morgan fingerprint density at radius 3 is 2.65 bits per heavy atom. The maximum absolute atomic E-state index is 12.6. The fraction of sp³-hybridized carbons (Fsp3) is 0.533. The number of halogens is 1. The predicted octanol–water partition coefficient (Wildman–Crippen LogP) is 2.35. The Hall–Kier alpha value is -0.820. The molecule has 0 spiro atoms. The van der Waals surface area contributed by atoms with Crippen molar-refractivity contribution >= 4 is 28.5 Å². The molecule has 3 rings (SSSR count). The second-order valence-electron chi connectivity index (χ2n) is 5.84. The van der Waals surface area contributed by atoms with E-state index in [0.29, 0.717) is 17.6 Å². The number of carbonyl (C=O) groups excluding carboxylic acids is 1. The van der Waals surface area contributed by atoms with Gasteiger partial charge in [-0.3, -0.25) is 4.79 Å². The van der Waals surface area contributed by atoms with E-state index in [2.05, 4.69) is 27.9 Å². The molecule has 1 aromatic rings. The maximum Gasteiger partial charge on any atom is 0.257 e. The van der Waals surface area contributed by atoms with Crippen LogP contribution in [-0.2, 0) is 0 Å². The van der Waals surface area contributed by atoms with E-state index >= 15 is 0 Å². The molecule has 1 amide bonds. The predicted molar refractivity (Wildman–Crippen MR) is 85.9 cm³/mol. The van der Waals surface area contributed by atoms with Crippen LogP contribution in [0.1, 0.15) is 36.0 Å². The smallest absolute Gasteiger partial charge is 0.257 e. The molecular weight excluding hydrogens is 367 g/mol. The number of carbonyl (C=O) groups is 1. The van der Waals surface area contributed by atoms with Gasteiger partial charge in [0, 0.05) is 28.7 Å². The van der Waals surface area contributed by atoms with Gasteiger partial charge in [0.1, 0.15) is 5.75 Å². The second-order valence-corrected chi connectivity index (χ2v) is 7.09. The molecule has 2 saturated heterocycles. The lowest BCUT2D eigenvalue weighted by molar-refractivity contribution is 0.0678. The number of nitrogens with zero attached hydrogens (tertiary/aromatic N) is 1. The van der Waals surface area contributed by atoms with Crippen molar-refractivity contribution in [3.8, 4) is 5.75 Å². The van der Waals surface area contributed by atoms with Crippen molar-refractivity contribution in [2.45, 2.75) is 43.8 Å². The molecule has 2 aliphatic heterocycles. The molecule has 2 aliphatic rings. The number of hydrogen-bond acceptors (Lipinski definition) is 3. The highest BCUT2D eigenvalue weighted by molar-refractivity contribution is 14.1. The van der Waals surface area contributed by atoms with E-state index in [0.717, 1.165) is 16.4 Å². The van der Waals surface area contributed by atoms with Gasteiger partial charge in [0.05, 0.1) is 5.56 Å². The number of fused-ring (bicyclic) bond motifs is 2. The average molecular weight is 386 g/mol. The minimum Gasteiger partial charge on any atom is -0.507 e. The van der Waals surface area contributed by atoms with Crippen molar-refractivity contribution < 1.29 is 9.90 Å². The number of piperidine rings is 1. The summed E-state index contributed by atoms with van der Waals surface area (Å²) in [7, 11) is 1.86. The second kappa shape index (κ2) is 5.52. The third kappa shape index (κ3) is 2.65. The first-order valence-electron chi connectivity index (χ1n) is 7.06. The highest BCUT2D eigenvalue weighted by atomic mass is 127. The fourth-order valence-electron chi connectivity index (χ4n) is 3.38. The van der Waals surface area contributed by atoms with Crippen LogP contribution in [0.15, 0.2) is 18.2 Å². The monoisotopic (exact) mass is 386 g/mol. The molecular formula is C15H19IN2O2. The number of nitrogens with one attached hydrogen (secondary N) is 1. The molecule has 2 unspecified atom stereocenters. The molecule has 0 radical (unpaired) electrons. The lowest BCUT2D eigenvalue weighted by Gasteiger charge is -2.35. The van der Waals surface area contributed by atoms with Crippen LogP contribution >= 0.6 is 22.6 Å². The van der Waals surface area contributed by atoms with E-state index in [1.807, 2.05) is 11.9 Å². The highest BCUT2D eigenvalue weighted by Crippen LogP contribution is 2.30. The Labute approximate surface area is 132 Å². The molecule has 20 heavy (non-hydrogen) atoms. The quantitative estimate of drug-likeness (QED) is 0.768. The summed E-state index contributed by atoms with van der Waals surface area (Å²) in [6, 6.07) is 6.53. The molecule has 0 aliphatic carbocycles. The summed E-state index contributed by atoms with van der Waals surface area (Å²) in [4.78, 5) is 14.4. The summed E-state index contributed by atoms with van der Waals surface area (Å²) in [6.45, 7) is 0. The maximum atomic E-state index is 12.6. The highest BCUT2D eigenvalue weighted by Gasteiger charge is 2.36. The number of phenols is 1. The van der Waals surface area contributed by atoms with Gasteiger partial charge in [-0.05, 0) is 66.5 Å². The third-order valence-corrected chi connectivity index (χ3v) is 5.18. The Morgan fingerprint density at radius 1 is 1.35 bits per heavy atom. The van der Waals surface area contributed by atoms with Crippen LogP contribution in [0.5, 0.6) is 5.75 Å². The normalized spacial score (nSPS) is 28.4. The minimum absolute atomic E-state index is 0.0687. The molecule has 1 aromatic carbocycles. The lowest BCUT2D eigenvalue weighted by atomic mass is 9.98. The van der Waals surface area contributed by atoms with E-state index in [4.69, 9.17) is 0 Å². The summed E-state index contributed by atoms with van der Waals surface area (Å²) in [6.07, 6.45) is 4.47. The summed E-state index contributed by atoms with van der Waals surface area (Å²) in [5, 5.41) is 13.5. The number of amides is 1. The summed E-state index contributed by atoms with van der Waals surface area (Å²) in [5.41, 5.74) is 0.408. The van der Waals surface area contributed by atoms with Crippen LogP contribution in [0.2, 0.25) is 0 Å². The molecule has 2 fully saturated rings. The number of benzene rings is 1. The minimum atomic E-state index is -0.0766. The molecule has 4 nitrogen and oxygen atoms in total. The molecule has 5 heteroatoms. The van der Waals surface area contributed by atoms with Crippen LogP contribution in [0.4, 0.5) is 0 Å². The van der Waals surface area contributed by atoms with Crippen LogP contribution in [-0.4, -0.2) is 41.1 Å². The van der Waals surface area contributed by atoms with Gasteiger partial charge in [-0.1, -0.05) is 0 Å². The average Bonchev–Trinajstić information content (AvgIpc) is 2.78. The van der Waals surface area contributed by atoms with E-state index in [9.17, 15) is 9.90 Å². The number of aromatic hydroxyl groups is 1. The molecule has 2 atom stereocenters. The Balaban J connectivity index is 1.78. The number of phenolic OH excluding ortho intramolecular Hbond substituents is 1. The largest absolute Gasteiger partial charge is 0.507 e. The summed E-state index contributed by atoms with van der Waals surface area (Å²) >= 11 is 2.16. The first kappa shape index (κ1) is 14.1. The molecule has 0 aromatic heterocycles. The van der Waals surface area contributed by atoms with Gasteiger partial charge in [0.25, 0.3) is 5.91 Å². The molecule has 2 bridgehead atoms.